The van der Waals surface area contributed by atoms with Crippen LogP contribution < -0.4 is 15.5 Å². The lowest BCUT2D eigenvalue weighted by atomic mass is 9.73. The number of esters is 2. The van der Waals surface area contributed by atoms with Crippen molar-refractivity contribution in [3.8, 4) is 5.75 Å². The summed E-state index contributed by atoms with van der Waals surface area (Å²) in [5.74, 6) is -5.15. The molecule has 0 aliphatic carbocycles. The number of aryl methyl sites for hydroxylation is 1. The van der Waals surface area contributed by atoms with E-state index in [0.717, 1.165) is 4.90 Å². The minimum atomic E-state index is -2.01. The van der Waals surface area contributed by atoms with Gasteiger partial charge in [-0.15, -0.1) is 11.8 Å². The van der Waals surface area contributed by atoms with Gasteiger partial charge in [0.15, 0.2) is 18.7 Å². The van der Waals surface area contributed by atoms with Gasteiger partial charge in [0.1, 0.15) is 34.7 Å². The number of aliphatic hydroxyl groups is 4. The summed E-state index contributed by atoms with van der Waals surface area (Å²) in [6, 6.07) is 3.17. The van der Waals surface area contributed by atoms with E-state index < -0.39 is 119 Å². The molecule has 3 fully saturated rings. The number of cyclic esters (lactones) is 1. The number of carbonyl (C=O) groups excluding carboxylic acids is 2. The molecule has 1 aromatic carbocycles. The number of methoxy groups -OCH3 is 2. The molecule has 0 bridgehead atoms. The minimum absolute atomic E-state index is 0.000801. The highest BCUT2D eigenvalue weighted by Gasteiger charge is 2.54. The number of pyridine rings is 1. The van der Waals surface area contributed by atoms with Crippen molar-refractivity contribution in [1.82, 2.24) is 14.8 Å². The van der Waals surface area contributed by atoms with Crippen molar-refractivity contribution in [2.45, 2.75) is 203 Å². The number of carbonyl (C=O) groups is 3. The number of oxime groups is 1. The van der Waals surface area contributed by atoms with Crippen molar-refractivity contribution < 1.29 is 87.4 Å². The third kappa shape index (κ3) is 15.5. The molecule has 4 aliphatic heterocycles. The smallest absolute Gasteiger partial charge is 0.341 e. The molecule has 4 aliphatic rings. The third-order valence-electron chi connectivity index (χ3n) is 16.6. The number of hydrogen-bond donors (Lipinski definition) is 6. The Morgan fingerprint density at radius 2 is 1.68 bits per heavy atom. The second-order valence-electron chi connectivity index (χ2n) is 23.3. The predicted octanol–water partition coefficient (Wildman–Crippen LogP) is 4.31. The first-order chi connectivity index (χ1) is 38.1. The first-order valence-corrected chi connectivity index (χ1v) is 29.2. The number of aromatic carboxylic acids is 1. The maximum atomic E-state index is 14.7. The van der Waals surface area contributed by atoms with Crippen molar-refractivity contribution in [1.29, 1.82) is 0 Å². The molecule has 0 amide bonds. The molecule has 24 heteroatoms. The molecule has 0 unspecified atom stereocenters. The summed E-state index contributed by atoms with van der Waals surface area (Å²) in [6.07, 6.45) is -8.25. The van der Waals surface area contributed by atoms with Gasteiger partial charge in [0.25, 0.3) is 0 Å². The monoisotopic (exact) mass is 1170 g/mol. The predicted molar refractivity (Wildman–Crippen MR) is 299 cm³/mol. The molecule has 5 heterocycles. The summed E-state index contributed by atoms with van der Waals surface area (Å²) in [4.78, 5) is 61.5. The average molecular weight is 1170 g/mol. The van der Waals surface area contributed by atoms with Gasteiger partial charge in [-0.25, -0.2) is 4.79 Å². The Bertz CT molecular complexity index is 2550. The molecule has 1 aromatic heterocycles. The molecule has 0 radical (unpaired) electrons. The first-order valence-electron chi connectivity index (χ1n) is 28.2. The summed E-state index contributed by atoms with van der Waals surface area (Å²) < 4.78 is 57.7. The third-order valence-corrected chi connectivity index (χ3v) is 17.6. The number of nitrogens with zero attached hydrogens (tertiary/aromatic N) is 3. The zero-order chi connectivity index (χ0) is 59.9. The second kappa shape index (κ2) is 28.2. The summed E-state index contributed by atoms with van der Waals surface area (Å²) in [7, 11) is 6.61. The number of thioether (sulfide) groups is 1. The van der Waals surface area contributed by atoms with Crippen LogP contribution in [0.1, 0.15) is 118 Å². The van der Waals surface area contributed by atoms with Crippen LogP contribution in [0.2, 0.25) is 0 Å². The van der Waals surface area contributed by atoms with Gasteiger partial charge in [-0.2, -0.15) is 0 Å². The number of nitrogens with one attached hydrogen (secondary N) is 1. The molecular formula is C57H90N4O19S. The molecule has 6 rings (SSSR count). The number of carboxylic acids is 1. The molecular weight excluding hydrogens is 1080 g/mol. The van der Waals surface area contributed by atoms with Crippen LogP contribution in [0, 0.1) is 23.7 Å². The fourth-order valence-corrected chi connectivity index (χ4v) is 13.0. The Kier molecular flexibility index (Phi) is 23.1. The quantitative estimate of drug-likeness (QED) is 0.0375. The van der Waals surface area contributed by atoms with E-state index in [4.69, 9.17) is 47.5 Å². The van der Waals surface area contributed by atoms with Gasteiger partial charge in [-0.1, -0.05) is 32.9 Å². The van der Waals surface area contributed by atoms with Crippen molar-refractivity contribution in [2.75, 3.05) is 60.6 Å². The molecule has 6 N–H and O–H groups in total. The van der Waals surface area contributed by atoms with Crippen LogP contribution in [0.25, 0.3) is 10.9 Å². The number of aliphatic hydroxyl groups excluding tert-OH is 2. The number of aromatic nitrogens is 1. The fourth-order valence-electron chi connectivity index (χ4n) is 12.1. The van der Waals surface area contributed by atoms with Crippen LogP contribution in [-0.2, 0) is 58.9 Å². The summed E-state index contributed by atoms with van der Waals surface area (Å²) >= 11 is 1.46. The van der Waals surface area contributed by atoms with Crippen molar-refractivity contribution in [2.24, 2.45) is 28.8 Å². The van der Waals surface area contributed by atoms with Crippen LogP contribution in [0.15, 0.2) is 33.2 Å². The van der Waals surface area contributed by atoms with E-state index in [1.807, 2.05) is 32.0 Å². The Morgan fingerprint density at radius 1 is 0.963 bits per heavy atom. The lowest BCUT2D eigenvalue weighted by Gasteiger charge is -2.49. The van der Waals surface area contributed by atoms with Gasteiger partial charge in [0, 0.05) is 80.9 Å². The van der Waals surface area contributed by atoms with E-state index >= 15 is 0 Å². The number of likely N-dealkylation sites (N-methyl/N-ethyl adjacent to an activating group) is 1. The first kappa shape index (κ1) is 66.1. The lowest BCUT2D eigenvalue weighted by Crippen LogP contribution is -2.61. The molecule has 18 atom stereocenters. The van der Waals surface area contributed by atoms with E-state index in [0.29, 0.717) is 49.6 Å². The van der Waals surface area contributed by atoms with E-state index in [1.54, 1.807) is 66.0 Å². The van der Waals surface area contributed by atoms with E-state index in [1.165, 1.54) is 39.1 Å². The zero-order valence-electron chi connectivity index (χ0n) is 49.6. The summed E-state index contributed by atoms with van der Waals surface area (Å²) in [6.45, 7) is 18.3. The Balaban J connectivity index is 1.20. The topological polar surface area (TPSA) is 294 Å². The van der Waals surface area contributed by atoms with E-state index in [-0.39, 0.29) is 67.8 Å². The van der Waals surface area contributed by atoms with Crippen molar-refractivity contribution in [3.63, 3.8) is 0 Å². The molecule has 23 nitrogen and oxygen atoms in total. The fraction of sp³-hybridized carbons (Fsp3) is 0.772. The van der Waals surface area contributed by atoms with Crippen molar-refractivity contribution in [3.05, 3.63) is 34.1 Å². The standard InChI is InChI=1S/C57H90N4O19S/c1-15-41-57(10,70)49(65)32(4)44(59-74-29-71-13)30(2)26-55(8,69)50(80-54-47(64)39(60(11)12)23-31(3)75-54)33(5)48(34(6)53(68)77-41)79-43-27-56(9,72-14)51(35(7)76-43)78-42(62)17-18-58-19-22-81-36-24-37-45-40(25-36)73-21-16-20-61(45)28-38(46(37)63)52(66)67/h24-25,28,30-35,39,41,43,47-51,54,58,64-65,69-70H,15-23,26-27,29H2,1-14H3,(H,66,67)/t30-,31-,32+,33+,34-,35+,39+,41-,43+,47-,48+,49-,50-,51+,54+,55-,56-,57-/m1/s1. The summed E-state index contributed by atoms with van der Waals surface area (Å²) in [5.41, 5.74) is -5.06. The van der Waals surface area contributed by atoms with Crippen LogP contribution >= 0.6 is 11.8 Å². The second-order valence-corrected chi connectivity index (χ2v) is 24.5. The Labute approximate surface area is 479 Å². The number of rotatable bonds is 19. The van der Waals surface area contributed by atoms with Gasteiger partial charge >= 0.3 is 17.9 Å². The Hall–Kier alpha value is -4.02. The van der Waals surface area contributed by atoms with Gasteiger partial charge in [0.05, 0.1) is 71.7 Å². The van der Waals surface area contributed by atoms with Gasteiger partial charge in [-0.3, -0.25) is 14.4 Å². The molecule has 0 saturated carbocycles. The molecule has 0 spiro atoms. The van der Waals surface area contributed by atoms with Gasteiger partial charge in [0.2, 0.25) is 12.2 Å². The van der Waals surface area contributed by atoms with Crippen LogP contribution in [-0.4, -0.2) is 203 Å². The minimum Gasteiger partial charge on any atom is -0.491 e. The highest BCUT2D eigenvalue weighted by Crippen LogP contribution is 2.42. The molecule has 81 heavy (non-hydrogen) atoms. The average Bonchev–Trinajstić information content (AvgIpc) is 3.82. The Morgan fingerprint density at radius 3 is 2.33 bits per heavy atom. The number of ether oxygens (including phenoxy) is 9. The van der Waals surface area contributed by atoms with Crippen LogP contribution in [0.4, 0.5) is 0 Å². The molecule has 2 aromatic rings. The van der Waals surface area contributed by atoms with Crippen LogP contribution in [0.3, 0.4) is 0 Å². The van der Waals surface area contributed by atoms with Crippen LogP contribution in [0.5, 0.6) is 5.75 Å². The maximum Gasteiger partial charge on any atom is 0.341 e. The van der Waals surface area contributed by atoms with E-state index in [2.05, 4.69) is 10.5 Å². The molecule has 3 saturated heterocycles. The largest absolute Gasteiger partial charge is 0.491 e. The maximum absolute atomic E-state index is 14.7. The number of benzene rings is 1. The van der Waals surface area contributed by atoms with Crippen molar-refractivity contribution >= 4 is 46.3 Å². The highest BCUT2D eigenvalue weighted by atomic mass is 32.2. The number of carboxylic acid groups (broad SMARTS) is 1. The normalized spacial score (nSPS) is 36.8. The van der Waals surface area contributed by atoms with Gasteiger partial charge < -0.3 is 87.8 Å². The molecule has 458 valence electrons. The zero-order valence-corrected chi connectivity index (χ0v) is 50.4. The lowest BCUT2D eigenvalue weighted by molar-refractivity contribution is -0.318. The highest BCUT2D eigenvalue weighted by molar-refractivity contribution is 7.99. The summed E-state index contributed by atoms with van der Waals surface area (Å²) in [5, 5.41) is 66.4. The van der Waals surface area contributed by atoms with Gasteiger partial charge in [-0.05, 0) is 93.5 Å². The number of hydrogen-bond acceptors (Lipinski definition) is 22. The SMILES string of the molecule is CC[C@H]1OC(=O)[C@H](C)[C@@H](O[C@H]2C[C@@](C)(OC)[C@@H](OC(=O)CCNCCSc3cc4c5c(c3)c(=O)c(C(=O)O)cn5CCCO4)[C@H](C)O2)[C@H](C)[C@@H](O[C@@H]2O[C@H](C)C[C@H](N(C)C)[C@H]2O)[C@](C)(O)C[C@@H](C)C(=NOCOC)[C@H](C)[C@@H](O)[C@]1(C)O. The van der Waals surface area contributed by atoms with E-state index in [9.17, 15) is 44.7 Å².